The number of H-pyrrole nitrogens is 1. The van der Waals surface area contributed by atoms with Crippen molar-refractivity contribution in [3.05, 3.63) is 48.4 Å². The van der Waals surface area contributed by atoms with E-state index in [1.165, 1.54) is 5.56 Å². The van der Waals surface area contributed by atoms with Gasteiger partial charge in [0.15, 0.2) is 0 Å². The number of aromatic amines is 1. The smallest absolute Gasteiger partial charge is 0.142 e. The van der Waals surface area contributed by atoms with Gasteiger partial charge in [-0.2, -0.15) is 0 Å². The molecular weight excluding hydrogens is 314 g/mol. The number of rotatable bonds is 4. The first kappa shape index (κ1) is 15.9. The van der Waals surface area contributed by atoms with Crippen LogP contribution < -0.4 is 15.4 Å². The Morgan fingerprint density at radius 2 is 2.00 bits per heavy atom. The lowest BCUT2D eigenvalue weighted by Crippen LogP contribution is -2.52. The van der Waals surface area contributed by atoms with E-state index in [0.717, 1.165) is 55.0 Å². The van der Waals surface area contributed by atoms with Crippen molar-refractivity contribution in [2.45, 2.75) is 24.8 Å². The van der Waals surface area contributed by atoms with Gasteiger partial charge < -0.3 is 20.4 Å². The van der Waals surface area contributed by atoms with Crippen LogP contribution in [0.2, 0.25) is 0 Å². The number of fused-ring (bicyclic) bond motifs is 1. The van der Waals surface area contributed by atoms with E-state index in [1.807, 2.05) is 30.5 Å². The summed E-state index contributed by atoms with van der Waals surface area (Å²) in [7, 11) is 1.71. The summed E-state index contributed by atoms with van der Waals surface area (Å²) >= 11 is 0. The van der Waals surface area contributed by atoms with Crippen molar-refractivity contribution in [1.29, 1.82) is 0 Å². The number of benzene rings is 1. The monoisotopic (exact) mass is 337 g/mol. The minimum Gasteiger partial charge on any atom is -0.496 e. The second-order valence-electron chi connectivity index (χ2n) is 6.78. The number of nitrogens with two attached hydrogens (primary N) is 1. The number of anilines is 1. The average Bonchev–Trinajstić information content (AvgIpc) is 3.11. The number of methoxy groups -OCH3 is 1. The largest absolute Gasteiger partial charge is 0.496 e. The van der Waals surface area contributed by atoms with Gasteiger partial charge in [-0.1, -0.05) is 18.2 Å². The zero-order chi connectivity index (χ0) is 17.3. The molecule has 0 radical (unpaired) electrons. The molecule has 25 heavy (non-hydrogen) atoms. The zero-order valence-electron chi connectivity index (χ0n) is 14.4. The van der Waals surface area contributed by atoms with Gasteiger partial charge in [-0.3, -0.25) is 0 Å². The Bertz CT molecular complexity index is 867. The molecule has 6 nitrogen and oxygen atoms in total. The van der Waals surface area contributed by atoms with Crippen molar-refractivity contribution in [1.82, 2.24) is 15.0 Å². The standard InChI is InChI=1S/C19H23N5O/c1-25-16-5-3-2-4-14(16)12-19(20)7-10-24(11-8-19)18-15-6-9-21-17(15)22-13-23-18/h2-6,9,13H,7-8,10-12,20H2,1H3,(H,21,22,23). The summed E-state index contributed by atoms with van der Waals surface area (Å²) in [6.07, 6.45) is 6.19. The molecule has 1 fully saturated rings. The number of nitrogens with zero attached hydrogens (tertiary/aromatic N) is 3. The predicted octanol–water partition coefficient (Wildman–Crippen LogP) is 2.51. The van der Waals surface area contributed by atoms with Gasteiger partial charge in [0.2, 0.25) is 0 Å². The summed E-state index contributed by atoms with van der Waals surface area (Å²) < 4.78 is 5.48. The maximum absolute atomic E-state index is 6.73. The Balaban J connectivity index is 1.50. The van der Waals surface area contributed by atoms with Crippen molar-refractivity contribution in [3.8, 4) is 5.75 Å². The summed E-state index contributed by atoms with van der Waals surface area (Å²) in [6.45, 7) is 1.78. The minimum atomic E-state index is -0.213. The maximum atomic E-state index is 6.73. The molecule has 1 aromatic carbocycles. The third kappa shape index (κ3) is 3.05. The molecule has 6 heteroatoms. The molecule has 3 aromatic rings. The van der Waals surface area contributed by atoms with Gasteiger partial charge in [-0.15, -0.1) is 0 Å². The number of piperidine rings is 1. The summed E-state index contributed by atoms with van der Waals surface area (Å²) in [5.74, 6) is 1.91. The molecule has 1 aliphatic rings. The molecule has 130 valence electrons. The van der Waals surface area contributed by atoms with E-state index >= 15 is 0 Å². The van der Waals surface area contributed by atoms with Crippen LogP contribution in [-0.4, -0.2) is 40.7 Å². The van der Waals surface area contributed by atoms with Crippen molar-refractivity contribution >= 4 is 16.9 Å². The van der Waals surface area contributed by atoms with E-state index in [-0.39, 0.29) is 5.54 Å². The minimum absolute atomic E-state index is 0.213. The first-order valence-corrected chi connectivity index (χ1v) is 8.62. The zero-order valence-corrected chi connectivity index (χ0v) is 14.4. The highest BCUT2D eigenvalue weighted by atomic mass is 16.5. The Morgan fingerprint density at radius 3 is 2.80 bits per heavy atom. The molecular formula is C19H23N5O. The Hall–Kier alpha value is -2.60. The molecule has 3 heterocycles. The first-order chi connectivity index (χ1) is 12.2. The topological polar surface area (TPSA) is 80.1 Å². The number of para-hydroxylation sites is 1. The fourth-order valence-electron chi connectivity index (χ4n) is 3.68. The van der Waals surface area contributed by atoms with Crippen molar-refractivity contribution in [3.63, 3.8) is 0 Å². The van der Waals surface area contributed by atoms with Gasteiger partial charge >= 0.3 is 0 Å². The summed E-state index contributed by atoms with van der Waals surface area (Å²) in [5, 5.41) is 1.07. The molecule has 0 aliphatic carbocycles. The molecule has 2 aromatic heterocycles. The lowest BCUT2D eigenvalue weighted by Gasteiger charge is -2.40. The fourth-order valence-corrected chi connectivity index (χ4v) is 3.68. The second kappa shape index (κ2) is 6.37. The lowest BCUT2D eigenvalue weighted by molar-refractivity contribution is 0.324. The molecule has 3 N–H and O–H groups in total. The van der Waals surface area contributed by atoms with Crippen molar-refractivity contribution in [2.24, 2.45) is 5.73 Å². The van der Waals surface area contributed by atoms with E-state index in [2.05, 4.69) is 25.9 Å². The van der Waals surface area contributed by atoms with E-state index in [9.17, 15) is 0 Å². The van der Waals surface area contributed by atoms with Crippen LogP contribution in [0.1, 0.15) is 18.4 Å². The molecule has 1 saturated heterocycles. The van der Waals surface area contributed by atoms with Crippen LogP contribution in [0.15, 0.2) is 42.9 Å². The predicted molar refractivity (Wildman–Crippen MR) is 99.0 cm³/mol. The normalized spacial score (nSPS) is 17.0. The van der Waals surface area contributed by atoms with E-state index in [4.69, 9.17) is 10.5 Å². The van der Waals surface area contributed by atoms with Gasteiger partial charge in [0, 0.05) is 24.8 Å². The van der Waals surface area contributed by atoms with E-state index in [1.54, 1.807) is 13.4 Å². The van der Waals surface area contributed by atoms with Crippen LogP contribution in [0.5, 0.6) is 5.75 Å². The number of hydrogen-bond acceptors (Lipinski definition) is 5. The van der Waals surface area contributed by atoms with Crippen LogP contribution in [0.4, 0.5) is 5.82 Å². The molecule has 4 rings (SSSR count). The Morgan fingerprint density at radius 1 is 1.20 bits per heavy atom. The van der Waals surface area contributed by atoms with E-state index in [0.29, 0.717) is 0 Å². The molecule has 0 unspecified atom stereocenters. The van der Waals surface area contributed by atoms with Crippen LogP contribution in [0.25, 0.3) is 11.0 Å². The fraction of sp³-hybridized carbons (Fsp3) is 0.368. The highest BCUT2D eigenvalue weighted by Crippen LogP contribution is 2.31. The van der Waals surface area contributed by atoms with E-state index < -0.39 is 0 Å². The van der Waals surface area contributed by atoms with Crippen LogP contribution in [-0.2, 0) is 6.42 Å². The molecule has 0 amide bonds. The summed E-state index contributed by atoms with van der Waals surface area (Å²) in [5.41, 5.74) is 8.57. The van der Waals surface area contributed by atoms with Crippen LogP contribution in [0.3, 0.4) is 0 Å². The van der Waals surface area contributed by atoms with Crippen molar-refractivity contribution in [2.75, 3.05) is 25.1 Å². The average molecular weight is 337 g/mol. The number of hydrogen-bond donors (Lipinski definition) is 2. The van der Waals surface area contributed by atoms with Gasteiger partial charge in [0.25, 0.3) is 0 Å². The second-order valence-corrected chi connectivity index (χ2v) is 6.78. The highest BCUT2D eigenvalue weighted by molar-refractivity contribution is 5.87. The molecule has 0 saturated carbocycles. The Labute approximate surface area is 147 Å². The first-order valence-electron chi connectivity index (χ1n) is 8.62. The van der Waals surface area contributed by atoms with Crippen LogP contribution in [0, 0.1) is 0 Å². The number of nitrogens with one attached hydrogen (secondary N) is 1. The van der Waals surface area contributed by atoms with Crippen LogP contribution >= 0.6 is 0 Å². The summed E-state index contributed by atoms with van der Waals surface area (Å²) in [4.78, 5) is 14.2. The maximum Gasteiger partial charge on any atom is 0.142 e. The molecule has 0 bridgehead atoms. The van der Waals surface area contributed by atoms with Gasteiger partial charge in [-0.25, -0.2) is 9.97 Å². The number of aromatic nitrogens is 3. The number of ether oxygens (including phenoxy) is 1. The quantitative estimate of drug-likeness (QED) is 0.765. The van der Waals surface area contributed by atoms with Gasteiger partial charge in [0.1, 0.15) is 23.5 Å². The van der Waals surface area contributed by atoms with Crippen molar-refractivity contribution < 1.29 is 4.74 Å². The summed E-state index contributed by atoms with van der Waals surface area (Å²) in [6, 6.07) is 10.2. The highest BCUT2D eigenvalue weighted by Gasteiger charge is 2.32. The SMILES string of the molecule is COc1ccccc1CC1(N)CCN(c2ncnc3[nH]ccc23)CC1. The lowest BCUT2D eigenvalue weighted by atomic mass is 9.82. The third-order valence-corrected chi connectivity index (χ3v) is 5.13. The molecule has 0 spiro atoms. The third-order valence-electron chi connectivity index (χ3n) is 5.13. The molecule has 0 atom stereocenters. The van der Waals surface area contributed by atoms with Gasteiger partial charge in [0.05, 0.1) is 12.5 Å². The van der Waals surface area contributed by atoms with Gasteiger partial charge in [-0.05, 0) is 37.0 Å². The Kier molecular flexibility index (Phi) is 4.05. The molecule has 1 aliphatic heterocycles.